The SMILES string of the molecule is CC(C)[N+]1(C)C(=O)Sc2cn3c(c21)NC(=O)C3. The molecule has 0 spiro atoms. The third kappa shape index (κ3) is 1.19. The molecule has 6 heteroatoms. The Kier molecular flexibility index (Phi) is 2.01. The Morgan fingerprint density at radius 2 is 2.18 bits per heavy atom. The number of quaternary nitrogens is 1. The molecule has 0 saturated heterocycles. The number of carbonyl (C=O) groups excluding carboxylic acids is 2. The van der Waals surface area contributed by atoms with E-state index < -0.39 is 0 Å². The average Bonchev–Trinajstić information content (AvgIpc) is 2.78. The molecule has 1 atom stereocenters. The van der Waals surface area contributed by atoms with E-state index >= 15 is 0 Å². The topological polar surface area (TPSA) is 51.1 Å². The minimum absolute atomic E-state index is 0.0116. The van der Waals surface area contributed by atoms with Crippen molar-refractivity contribution in [3.05, 3.63) is 6.20 Å². The van der Waals surface area contributed by atoms with Gasteiger partial charge in [0.25, 0.3) is 0 Å². The zero-order valence-electron chi connectivity index (χ0n) is 9.98. The van der Waals surface area contributed by atoms with Crippen molar-refractivity contribution in [1.29, 1.82) is 0 Å². The highest BCUT2D eigenvalue weighted by atomic mass is 32.2. The average molecular weight is 252 g/mol. The Morgan fingerprint density at radius 1 is 1.47 bits per heavy atom. The lowest BCUT2D eigenvalue weighted by molar-refractivity contribution is -0.115. The first-order valence-corrected chi connectivity index (χ1v) is 6.38. The standard InChI is InChI=1S/C11H13N3O2S/c1-6(2)14(3)9-7(17-11(14)16)4-13-5-8(15)12-10(9)13/h4,6H,5H2,1-3H3/p+1. The van der Waals surface area contributed by atoms with Crippen LogP contribution in [0.1, 0.15) is 13.8 Å². The maximum absolute atomic E-state index is 12.2. The van der Waals surface area contributed by atoms with Gasteiger partial charge in [-0.3, -0.25) is 4.79 Å². The summed E-state index contributed by atoms with van der Waals surface area (Å²) in [5.41, 5.74) is 0.945. The molecule has 0 saturated carbocycles. The molecule has 5 nitrogen and oxygen atoms in total. The molecule has 90 valence electrons. The quantitative estimate of drug-likeness (QED) is 0.778. The minimum Gasteiger partial charge on any atom is -0.319 e. The number of hydrogen-bond donors (Lipinski definition) is 1. The zero-order valence-corrected chi connectivity index (χ0v) is 10.8. The van der Waals surface area contributed by atoms with Gasteiger partial charge in [0.1, 0.15) is 11.4 Å². The number of hydrogen-bond acceptors (Lipinski definition) is 3. The van der Waals surface area contributed by atoms with Gasteiger partial charge in [0.2, 0.25) is 5.91 Å². The summed E-state index contributed by atoms with van der Waals surface area (Å²) in [6, 6.07) is 0.154. The lowest BCUT2D eigenvalue weighted by atomic mass is 10.2. The molecule has 17 heavy (non-hydrogen) atoms. The molecule has 2 aliphatic heterocycles. The van der Waals surface area contributed by atoms with Crippen LogP contribution in [0.2, 0.25) is 0 Å². The molecule has 1 aromatic heterocycles. The van der Waals surface area contributed by atoms with Gasteiger partial charge in [-0.1, -0.05) is 0 Å². The molecule has 0 radical (unpaired) electrons. The smallest absolute Gasteiger partial charge is 0.319 e. The molecule has 0 aliphatic carbocycles. The molecule has 1 aromatic rings. The van der Waals surface area contributed by atoms with Crippen LogP contribution < -0.4 is 9.80 Å². The summed E-state index contributed by atoms with van der Waals surface area (Å²) < 4.78 is 2.15. The summed E-state index contributed by atoms with van der Waals surface area (Å²) >= 11 is 1.27. The fourth-order valence-electron chi connectivity index (χ4n) is 2.37. The Hall–Kier alpha value is -1.27. The van der Waals surface area contributed by atoms with Gasteiger partial charge in [-0.05, 0) is 13.8 Å². The van der Waals surface area contributed by atoms with Gasteiger partial charge in [0.15, 0.2) is 11.5 Å². The number of rotatable bonds is 1. The Morgan fingerprint density at radius 3 is 2.82 bits per heavy atom. The third-order valence-electron chi connectivity index (χ3n) is 3.66. The van der Waals surface area contributed by atoms with Crippen LogP contribution in [0.5, 0.6) is 0 Å². The molecule has 2 amide bonds. The summed E-state index contributed by atoms with van der Waals surface area (Å²) in [4.78, 5) is 24.5. The number of carbonyl (C=O) groups is 2. The van der Waals surface area contributed by atoms with Crippen LogP contribution in [0.3, 0.4) is 0 Å². The number of nitrogens with one attached hydrogen (secondary N) is 1. The van der Waals surface area contributed by atoms with Gasteiger partial charge in [-0.2, -0.15) is 0 Å². The minimum atomic E-state index is -0.0116. The van der Waals surface area contributed by atoms with E-state index in [1.165, 1.54) is 11.8 Å². The lowest BCUT2D eigenvalue weighted by Crippen LogP contribution is -2.51. The van der Waals surface area contributed by atoms with Crippen LogP contribution in [-0.2, 0) is 11.3 Å². The number of nitrogens with zero attached hydrogens (tertiary/aromatic N) is 2. The lowest BCUT2D eigenvalue weighted by Gasteiger charge is -2.30. The number of thioether (sulfide) groups is 1. The second-order valence-electron chi connectivity index (χ2n) is 4.90. The highest BCUT2D eigenvalue weighted by molar-refractivity contribution is 8.14. The molecular weight excluding hydrogens is 238 g/mol. The largest absolute Gasteiger partial charge is 0.385 e. The maximum atomic E-state index is 12.2. The highest BCUT2D eigenvalue weighted by Crippen LogP contribution is 2.52. The van der Waals surface area contributed by atoms with Crippen molar-refractivity contribution in [2.75, 3.05) is 12.4 Å². The fourth-order valence-corrected chi connectivity index (χ4v) is 3.62. The van der Waals surface area contributed by atoms with Crippen molar-refractivity contribution >= 4 is 34.4 Å². The summed E-state index contributed by atoms with van der Waals surface area (Å²) in [5.74, 6) is 0.780. The molecule has 3 heterocycles. The fraction of sp³-hybridized carbons (Fsp3) is 0.455. The van der Waals surface area contributed by atoms with E-state index in [-0.39, 0.29) is 21.7 Å². The number of fused-ring (bicyclic) bond motifs is 3. The van der Waals surface area contributed by atoms with Crippen LogP contribution in [0.4, 0.5) is 16.3 Å². The van der Waals surface area contributed by atoms with Crippen molar-refractivity contribution in [1.82, 2.24) is 9.05 Å². The van der Waals surface area contributed by atoms with E-state index in [4.69, 9.17) is 0 Å². The molecule has 0 aromatic carbocycles. The van der Waals surface area contributed by atoms with E-state index in [9.17, 15) is 9.59 Å². The number of aromatic nitrogens is 1. The van der Waals surface area contributed by atoms with Crippen LogP contribution in [0.25, 0.3) is 0 Å². The first-order chi connectivity index (χ1) is 7.94. The predicted octanol–water partition coefficient (Wildman–Crippen LogP) is 2.01. The van der Waals surface area contributed by atoms with E-state index in [1.807, 2.05) is 31.7 Å². The van der Waals surface area contributed by atoms with Crippen LogP contribution >= 0.6 is 11.8 Å². The van der Waals surface area contributed by atoms with Gasteiger partial charge < -0.3 is 9.88 Å². The summed E-state index contributed by atoms with van der Waals surface area (Å²) in [6.45, 7) is 4.40. The first kappa shape index (κ1) is 10.9. The maximum Gasteiger partial charge on any atom is 0.385 e. The van der Waals surface area contributed by atoms with Gasteiger partial charge in [-0.25, -0.2) is 9.28 Å². The number of amides is 2. The molecular formula is C11H14N3O2S+. The third-order valence-corrected chi connectivity index (χ3v) is 4.74. The van der Waals surface area contributed by atoms with Crippen LogP contribution in [0, 0.1) is 0 Å². The van der Waals surface area contributed by atoms with Crippen molar-refractivity contribution in [3.63, 3.8) is 0 Å². The van der Waals surface area contributed by atoms with Gasteiger partial charge in [0.05, 0.1) is 13.1 Å². The molecule has 0 bridgehead atoms. The summed E-state index contributed by atoms with van der Waals surface area (Å²) in [6.07, 6.45) is 1.90. The van der Waals surface area contributed by atoms with Crippen LogP contribution in [-0.4, -0.2) is 28.8 Å². The predicted molar refractivity (Wildman–Crippen MR) is 67.2 cm³/mol. The van der Waals surface area contributed by atoms with Gasteiger partial charge in [0, 0.05) is 18.0 Å². The van der Waals surface area contributed by atoms with E-state index in [2.05, 4.69) is 5.32 Å². The molecule has 0 fully saturated rings. The van der Waals surface area contributed by atoms with E-state index in [0.29, 0.717) is 6.54 Å². The first-order valence-electron chi connectivity index (χ1n) is 5.56. The van der Waals surface area contributed by atoms with Crippen LogP contribution in [0.15, 0.2) is 11.1 Å². The molecule has 3 rings (SSSR count). The summed E-state index contributed by atoms with van der Waals surface area (Å²) in [7, 11) is 1.91. The molecule has 2 aliphatic rings. The molecule has 1 unspecified atom stereocenters. The highest BCUT2D eigenvalue weighted by Gasteiger charge is 2.51. The van der Waals surface area contributed by atoms with E-state index in [1.54, 1.807) is 0 Å². The monoisotopic (exact) mass is 252 g/mol. The Balaban J connectivity index is 2.21. The normalized spacial score (nSPS) is 26.4. The zero-order chi connectivity index (χ0) is 12.4. The summed E-state index contributed by atoms with van der Waals surface area (Å²) in [5, 5.41) is 2.97. The Labute approximate surface area is 103 Å². The van der Waals surface area contributed by atoms with Gasteiger partial charge >= 0.3 is 5.24 Å². The second-order valence-corrected chi connectivity index (χ2v) is 5.90. The van der Waals surface area contributed by atoms with E-state index in [0.717, 1.165) is 16.4 Å². The van der Waals surface area contributed by atoms with Crippen molar-refractivity contribution in [3.8, 4) is 0 Å². The Bertz CT molecular complexity index is 549. The van der Waals surface area contributed by atoms with Crippen molar-refractivity contribution in [2.24, 2.45) is 0 Å². The van der Waals surface area contributed by atoms with Crippen molar-refractivity contribution in [2.45, 2.75) is 31.3 Å². The molecule has 1 N–H and O–H groups in total. The van der Waals surface area contributed by atoms with Crippen molar-refractivity contribution < 1.29 is 9.59 Å². The number of anilines is 1. The second kappa shape index (κ2) is 3.14. The van der Waals surface area contributed by atoms with Gasteiger partial charge in [-0.15, -0.1) is 0 Å².